The summed E-state index contributed by atoms with van der Waals surface area (Å²) in [6.07, 6.45) is 69.7. The zero-order chi connectivity index (χ0) is 53.4. The summed E-state index contributed by atoms with van der Waals surface area (Å²) in [6, 6.07) is 0. The molecule has 0 amide bonds. The van der Waals surface area contributed by atoms with Crippen molar-refractivity contribution in [3.8, 4) is 0 Å². The Kier molecular flexibility index (Phi) is 52.1. The van der Waals surface area contributed by atoms with Gasteiger partial charge in [0.15, 0.2) is 6.10 Å². The highest BCUT2D eigenvalue weighted by Crippen LogP contribution is 2.17. The van der Waals surface area contributed by atoms with Crippen molar-refractivity contribution in [1.29, 1.82) is 0 Å². The van der Waals surface area contributed by atoms with Gasteiger partial charge in [-0.05, 0) is 64.2 Å². The first-order chi connectivity index (χ1) is 35.6. The highest BCUT2D eigenvalue weighted by molar-refractivity contribution is 5.71. The van der Waals surface area contributed by atoms with E-state index in [0.29, 0.717) is 23.9 Å². The second-order valence-corrected chi connectivity index (χ2v) is 20.9. The predicted molar refractivity (Wildman–Crippen MR) is 309 cm³/mol. The number of nitrogens with zero attached hydrogens (tertiary/aromatic N) is 1. The molecule has 0 saturated carbocycles. The summed E-state index contributed by atoms with van der Waals surface area (Å²) in [5, 5.41) is 9.70. The number of carboxylic acids is 1. The van der Waals surface area contributed by atoms with E-state index in [9.17, 15) is 19.5 Å². The molecule has 0 aromatic rings. The number of carbonyl (C=O) groups excluding carboxylic acids is 2. The molecule has 2 atom stereocenters. The average Bonchev–Trinajstić information content (AvgIpc) is 3.36. The van der Waals surface area contributed by atoms with E-state index in [1.54, 1.807) is 0 Å². The minimum atomic E-state index is -1.53. The van der Waals surface area contributed by atoms with Crippen molar-refractivity contribution in [2.75, 3.05) is 47.5 Å². The Morgan fingerprint density at radius 1 is 0.425 bits per heavy atom. The number of rotatable bonds is 54. The van der Waals surface area contributed by atoms with E-state index < -0.39 is 24.3 Å². The average molecular weight is 1020 g/mol. The normalized spacial score (nSPS) is 13.4. The zero-order valence-electron chi connectivity index (χ0n) is 47.8. The van der Waals surface area contributed by atoms with Gasteiger partial charge < -0.3 is 28.5 Å². The summed E-state index contributed by atoms with van der Waals surface area (Å²) in [5.41, 5.74) is 0. The smallest absolute Gasteiger partial charge is 0.361 e. The minimum Gasteiger partial charge on any atom is -0.477 e. The minimum absolute atomic E-state index is 0.174. The Bertz CT molecular complexity index is 1470. The maximum atomic E-state index is 12.8. The lowest BCUT2D eigenvalue weighted by atomic mass is 10.0. The second kappa shape index (κ2) is 54.7. The summed E-state index contributed by atoms with van der Waals surface area (Å²) in [7, 11) is 5.95. The van der Waals surface area contributed by atoms with Crippen molar-refractivity contribution in [2.24, 2.45) is 0 Å². The monoisotopic (exact) mass is 1020 g/mol. The molecule has 9 nitrogen and oxygen atoms in total. The molecule has 0 bridgehead atoms. The van der Waals surface area contributed by atoms with Crippen LogP contribution >= 0.6 is 0 Å². The maximum Gasteiger partial charge on any atom is 0.361 e. The number of allylic oxidation sites excluding steroid dienone is 14. The van der Waals surface area contributed by atoms with Crippen LogP contribution in [0.4, 0.5) is 0 Å². The summed E-state index contributed by atoms with van der Waals surface area (Å²) >= 11 is 0. The predicted octanol–water partition coefficient (Wildman–Crippen LogP) is 17.6. The lowest BCUT2D eigenvalue weighted by Crippen LogP contribution is -2.40. The van der Waals surface area contributed by atoms with Crippen molar-refractivity contribution in [3.63, 3.8) is 0 Å². The molecule has 1 N–H and O–H groups in total. The van der Waals surface area contributed by atoms with Crippen LogP contribution in [0, 0.1) is 0 Å². The van der Waals surface area contributed by atoms with Crippen molar-refractivity contribution < 1.29 is 42.9 Å². The number of carbonyl (C=O) groups is 3. The number of likely N-dealkylation sites (N-methyl/N-ethyl adjacent to an activating group) is 1. The molecule has 0 aliphatic rings. The van der Waals surface area contributed by atoms with Crippen LogP contribution in [0.5, 0.6) is 0 Å². The molecule has 0 aromatic carbocycles. The molecular formula is C64H112NO8+. The zero-order valence-corrected chi connectivity index (χ0v) is 47.8. The fraction of sp³-hybridized carbons (Fsp3) is 0.734. The van der Waals surface area contributed by atoms with E-state index >= 15 is 0 Å². The highest BCUT2D eigenvalue weighted by atomic mass is 16.7. The van der Waals surface area contributed by atoms with Crippen LogP contribution in [0.3, 0.4) is 0 Å². The lowest BCUT2D eigenvalue weighted by Gasteiger charge is -2.25. The molecule has 0 radical (unpaired) electrons. The number of quaternary nitrogens is 1. The Labute approximate surface area is 449 Å². The summed E-state index contributed by atoms with van der Waals surface area (Å²) in [6.45, 7) is 4.72. The molecule has 2 unspecified atom stereocenters. The summed E-state index contributed by atoms with van der Waals surface area (Å²) < 4.78 is 22.8. The Morgan fingerprint density at radius 3 is 1.15 bits per heavy atom. The van der Waals surface area contributed by atoms with Gasteiger partial charge in [-0.25, -0.2) is 4.79 Å². The van der Waals surface area contributed by atoms with Gasteiger partial charge in [0.1, 0.15) is 13.2 Å². The van der Waals surface area contributed by atoms with Crippen molar-refractivity contribution in [3.05, 3.63) is 85.1 Å². The molecule has 0 fully saturated rings. The molecule has 0 heterocycles. The molecule has 0 rings (SSSR count). The number of ether oxygens (including phenoxy) is 4. The molecule has 0 aliphatic heterocycles. The van der Waals surface area contributed by atoms with Gasteiger partial charge in [0.25, 0.3) is 6.29 Å². The number of esters is 2. The first-order valence-electron chi connectivity index (χ1n) is 29.8. The molecule has 420 valence electrons. The molecule has 73 heavy (non-hydrogen) atoms. The van der Waals surface area contributed by atoms with Gasteiger partial charge in [0.05, 0.1) is 34.4 Å². The molecule has 0 aromatic heterocycles. The van der Waals surface area contributed by atoms with Crippen LogP contribution in [0.15, 0.2) is 85.1 Å². The Morgan fingerprint density at radius 2 is 0.781 bits per heavy atom. The van der Waals surface area contributed by atoms with E-state index in [2.05, 4.69) is 98.9 Å². The standard InChI is InChI=1S/C64H111NO8/c1-6-8-10-12-14-16-18-20-22-24-26-28-30-31-33-34-36-38-40-42-44-46-48-50-52-54-61(66)71-58-60(59-72-64(63(68)69)70-57-56-65(3,4)5)73-62(67)55-53-51-49-47-45-43-41-39-37-35-32-29-27-25-23-21-19-17-15-13-11-9-7-2/h9,11,15,17,21,23,27,29,35,37,41,43,47,49,60,64H,6-8,10,12-14,16,18-20,22,24-26,28,30-34,36,38-40,42,44-46,48,50-59H2,1-5H3/p+1/b11-9-,17-15-,23-21-,29-27-,37-35-,43-41-,49-47-. The number of carboxylic acid groups (broad SMARTS) is 1. The molecule has 9 heteroatoms. The lowest BCUT2D eigenvalue weighted by molar-refractivity contribution is -0.870. The van der Waals surface area contributed by atoms with E-state index in [4.69, 9.17) is 18.9 Å². The van der Waals surface area contributed by atoms with Gasteiger partial charge in [-0.3, -0.25) is 9.59 Å². The molecule has 0 spiro atoms. The quantitative estimate of drug-likeness (QED) is 0.0211. The Hall–Kier alpha value is -3.53. The second-order valence-electron chi connectivity index (χ2n) is 20.9. The SMILES string of the molecule is CC/C=C\C/C=C\C/C=C\C/C=C\C/C=C\C/C=C\C/C=C\CCCC(=O)OC(COC(=O)CCCCCCCCCCCCCCCCCCCCCCCCCCC)COC(OCC[N+](C)(C)C)C(=O)O. The van der Waals surface area contributed by atoms with Gasteiger partial charge in [-0.15, -0.1) is 0 Å². The number of hydrogen-bond donors (Lipinski definition) is 1. The maximum absolute atomic E-state index is 12.8. The summed E-state index contributed by atoms with van der Waals surface area (Å²) in [5.74, 6) is -2.08. The van der Waals surface area contributed by atoms with Crippen molar-refractivity contribution >= 4 is 17.9 Å². The summed E-state index contributed by atoms with van der Waals surface area (Å²) in [4.78, 5) is 37.4. The third-order valence-electron chi connectivity index (χ3n) is 12.7. The third kappa shape index (κ3) is 56.0. The van der Waals surface area contributed by atoms with Gasteiger partial charge >= 0.3 is 17.9 Å². The largest absolute Gasteiger partial charge is 0.477 e. The number of aliphatic carboxylic acids is 1. The number of unbranched alkanes of at least 4 members (excludes halogenated alkanes) is 25. The van der Waals surface area contributed by atoms with Crippen molar-refractivity contribution in [1.82, 2.24) is 0 Å². The van der Waals surface area contributed by atoms with Gasteiger partial charge in [-0.1, -0.05) is 253 Å². The van der Waals surface area contributed by atoms with Crippen LogP contribution in [0.25, 0.3) is 0 Å². The van der Waals surface area contributed by atoms with Crippen LogP contribution < -0.4 is 0 Å². The molecular weight excluding hydrogens is 911 g/mol. The Balaban J connectivity index is 4.31. The van der Waals surface area contributed by atoms with E-state index in [1.165, 1.54) is 141 Å². The van der Waals surface area contributed by atoms with Crippen LogP contribution in [0.2, 0.25) is 0 Å². The fourth-order valence-corrected chi connectivity index (χ4v) is 8.12. The van der Waals surface area contributed by atoms with Crippen LogP contribution in [-0.2, 0) is 33.3 Å². The molecule has 0 saturated heterocycles. The molecule has 0 aliphatic carbocycles. The van der Waals surface area contributed by atoms with Gasteiger partial charge in [-0.2, -0.15) is 0 Å². The van der Waals surface area contributed by atoms with Gasteiger partial charge in [0.2, 0.25) is 0 Å². The first kappa shape index (κ1) is 69.5. The van der Waals surface area contributed by atoms with Crippen LogP contribution in [0.1, 0.15) is 245 Å². The number of hydrogen-bond acceptors (Lipinski definition) is 7. The van der Waals surface area contributed by atoms with Gasteiger partial charge in [0, 0.05) is 12.8 Å². The van der Waals surface area contributed by atoms with Crippen molar-refractivity contribution in [2.45, 2.75) is 257 Å². The van der Waals surface area contributed by atoms with E-state index in [-0.39, 0.29) is 38.6 Å². The topological polar surface area (TPSA) is 108 Å². The first-order valence-corrected chi connectivity index (χ1v) is 29.8. The third-order valence-corrected chi connectivity index (χ3v) is 12.7. The fourth-order valence-electron chi connectivity index (χ4n) is 8.12. The highest BCUT2D eigenvalue weighted by Gasteiger charge is 2.25. The van der Waals surface area contributed by atoms with E-state index in [0.717, 1.165) is 64.2 Å². The van der Waals surface area contributed by atoms with E-state index in [1.807, 2.05) is 21.1 Å². The van der Waals surface area contributed by atoms with Crippen LogP contribution in [-0.4, -0.2) is 87.4 Å².